The van der Waals surface area contributed by atoms with Crippen molar-refractivity contribution in [3.8, 4) is 0 Å². The molecule has 0 N–H and O–H groups in total. The number of benzene rings is 1. The highest BCUT2D eigenvalue weighted by molar-refractivity contribution is 5.20. The van der Waals surface area contributed by atoms with Gasteiger partial charge in [-0.1, -0.05) is 37.3 Å². The van der Waals surface area contributed by atoms with E-state index in [0.717, 1.165) is 11.8 Å². The molecule has 0 aliphatic heterocycles. The predicted octanol–water partition coefficient (Wildman–Crippen LogP) is 3.45. The minimum atomic E-state index is 0. The quantitative estimate of drug-likeness (QED) is 0.602. The Balaban J connectivity index is 0.000000720. The molecule has 0 heteroatoms. The molecule has 2 rings (SSSR count). The standard InChI is InChI=1S/C11H14.H2/c1-9(11-7-8-11)10-5-3-2-4-6-10;/h2-6,9,11H,7-8H2,1H3;1H. The van der Waals surface area contributed by atoms with Crippen LogP contribution in [0.25, 0.3) is 0 Å². The van der Waals surface area contributed by atoms with Crippen molar-refractivity contribution < 1.29 is 1.43 Å². The summed E-state index contributed by atoms with van der Waals surface area (Å²) in [5.74, 6) is 1.77. The van der Waals surface area contributed by atoms with Gasteiger partial charge in [-0.2, -0.15) is 0 Å². The molecule has 1 aliphatic carbocycles. The number of hydrogen-bond acceptors (Lipinski definition) is 0. The van der Waals surface area contributed by atoms with Crippen molar-refractivity contribution in [1.29, 1.82) is 0 Å². The molecule has 0 nitrogen and oxygen atoms in total. The first kappa shape index (κ1) is 6.90. The lowest BCUT2D eigenvalue weighted by molar-refractivity contribution is 0.664. The van der Waals surface area contributed by atoms with E-state index in [4.69, 9.17) is 0 Å². The van der Waals surface area contributed by atoms with Crippen molar-refractivity contribution >= 4 is 0 Å². The molecule has 0 amide bonds. The van der Waals surface area contributed by atoms with Crippen LogP contribution in [0.1, 0.15) is 32.7 Å². The summed E-state index contributed by atoms with van der Waals surface area (Å²) in [4.78, 5) is 0. The highest BCUT2D eigenvalue weighted by Gasteiger charge is 2.28. The molecule has 1 aromatic carbocycles. The molecule has 1 saturated carbocycles. The normalized spacial score (nSPS) is 19.7. The Morgan fingerprint density at radius 2 is 1.91 bits per heavy atom. The van der Waals surface area contributed by atoms with E-state index in [2.05, 4.69) is 37.3 Å². The maximum absolute atomic E-state index is 2.34. The van der Waals surface area contributed by atoms with Gasteiger partial charge in [-0.15, -0.1) is 0 Å². The van der Waals surface area contributed by atoms with Crippen LogP contribution >= 0.6 is 0 Å². The van der Waals surface area contributed by atoms with Crippen molar-refractivity contribution in [2.24, 2.45) is 5.92 Å². The lowest BCUT2D eigenvalue weighted by Crippen LogP contribution is -1.93. The van der Waals surface area contributed by atoms with Gasteiger partial charge in [0.15, 0.2) is 0 Å². The van der Waals surface area contributed by atoms with E-state index < -0.39 is 0 Å². The lowest BCUT2D eigenvalue weighted by Gasteiger charge is -2.08. The summed E-state index contributed by atoms with van der Waals surface area (Å²) in [5.41, 5.74) is 1.51. The molecular formula is C11H16. The summed E-state index contributed by atoms with van der Waals surface area (Å²) in [5, 5.41) is 0. The van der Waals surface area contributed by atoms with Crippen LogP contribution in [0.15, 0.2) is 30.3 Å². The molecule has 0 bridgehead atoms. The van der Waals surface area contributed by atoms with Gasteiger partial charge in [0.25, 0.3) is 0 Å². The van der Waals surface area contributed by atoms with Crippen LogP contribution in [0.5, 0.6) is 0 Å². The molecular weight excluding hydrogens is 132 g/mol. The molecule has 11 heavy (non-hydrogen) atoms. The Morgan fingerprint density at radius 1 is 1.27 bits per heavy atom. The second-order valence-corrected chi connectivity index (χ2v) is 3.54. The van der Waals surface area contributed by atoms with E-state index >= 15 is 0 Å². The van der Waals surface area contributed by atoms with Crippen molar-refractivity contribution in [2.45, 2.75) is 25.7 Å². The second kappa shape index (κ2) is 2.69. The Labute approximate surface area is 69.7 Å². The fraction of sp³-hybridized carbons (Fsp3) is 0.455. The molecule has 1 atom stereocenters. The van der Waals surface area contributed by atoms with Gasteiger partial charge in [-0.3, -0.25) is 0 Å². The summed E-state index contributed by atoms with van der Waals surface area (Å²) in [7, 11) is 0. The molecule has 60 valence electrons. The maximum atomic E-state index is 2.34. The molecule has 0 saturated heterocycles. The van der Waals surface area contributed by atoms with E-state index in [1.165, 1.54) is 18.4 Å². The topological polar surface area (TPSA) is 0 Å². The minimum absolute atomic E-state index is 0. The van der Waals surface area contributed by atoms with E-state index in [-0.39, 0.29) is 1.43 Å². The first-order valence-corrected chi connectivity index (χ1v) is 4.43. The van der Waals surface area contributed by atoms with Gasteiger partial charge in [0.05, 0.1) is 0 Å². The minimum Gasteiger partial charge on any atom is -0.0622 e. The van der Waals surface area contributed by atoms with Crippen LogP contribution in [-0.4, -0.2) is 0 Å². The van der Waals surface area contributed by atoms with Crippen LogP contribution in [0, 0.1) is 5.92 Å². The van der Waals surface area contributed by atoms with Gasteiger partial charge < -0.3 is 0 Å². The zero-order valence-electron chi connectivity index (χ0n) is 6.96. The second-order valence-electron chi connectivity index (χ2n) is 3.54. The third-order valence-electron chi connectivity index (χ3n) is 2.65. The predicted molar refractivity (Wildman–Crippen MR) is 49.7 cm³/mol. The molecule has 1 aliphatic rings. The molecule has 1 aromatic rings. The fourth-order valence-electron chi connectivity index (χ4n) is 1.62. The molecule has 0 heterocycles. The van der Waals surface area contributed by atoms with Gasteiger partial charge in [0, 0.05) is 1.43 Å². The third kappa shape index (κ3) is 1.45. The Hall–Kier alpha value is -0.780. The summed E-state index contributed by atoms with van der Waals surface area (Å²) < 4.78 is 0. The average Bonchev–Trinajstić information content (AvgIpc) is 2.87. The molecule has 0 radical (unpaired) electrons. The van der Waals surface area contributed by atoms with Crippen molar-refractivity contribution in [3.63, 3.8) is 0 Å². The molecule has 1 fully saturated rings. The highest BCUT2D eigenvalue weighted by Crippen LogP contribution is 2.41. The summed E-state index contributed by atoms with van der Waals surface area (Å²) in [6, 6.07) is 10.8. The Bertz CT molecular complexity index is 226. The van der Waals surface area contributed by atoms with E-state index in [1.807, 2.05) is 0 Å². The summed E-state index contributed by atoms with van der Waals surface area (Å²) >= 11 is 0. The molecule has 0 spiro atoms. The van der Waals surface area contributed by atoms with E-state index in [1.54, 1.807) is 0 Å². The number of hydrogen-bond donors (Lipinski definition) is 0. The van der Waals surface area contributed by atoms with Crippen LogP contribution in [-0.2, 0) is 0 Å². The largest absolute Gasteiger partial charge is 0.0622 e. The third-order valence-corrected chi connectivity index (χ3v) is 2.65. The van der Waals surface area contributed by atoms with Gasteiger partial charge in [0.2, 0.25) is 0 Å². The van der Waals surface area contributed by atoms with Gasteiger partial charge in [0.1, 0.15) is 0 Å². The van der Waals surface area contributed by atoms with Gasteiger partial charge in [-0.05, 0) is 30.2 Å². The van der Waals surface area contributed by atoms with E-state index in [9.17, 15) is 0 Å². The van der Waals surface area contributed by atoms with Crippen LogP contribution in [0.2, 0.25) is 0 Å². The van der Waals surface area contributed by atoms with Crippen molar-refractivity contribution in [2.75, 3.05) is 0 Å². The Morgan fingerprint density at radius 3 is 2.45 bits per heavy atom. The average molecular weight is 148 g/mol. The fourth-order valence-corrected chi connectivity index (χ4v) is 1.62. The molecule has 1 unspecified atom stereocenters. The smallest absolute Gasteiger partial charge is 0 e. The van der Waals surface area contributed by atoms with Gasteiger partial charge >= 0.3 is 0 Å². The number of rotatable bonds is 2. The van der Waals surface area contributed by atoms with Crippen LogP contribution < -0.4 is 0 Å². The summed E-state index contributed by atoms with van der Waals surface area (Å²) in [6.07, 6.45) is 2.88. The van der Waals surface area contributed by atoms with Crippen LogP contribution in [0.3, 0.4) is 0 Å². The van der Waals surface area contributed by atoms with Crippen LogP contribution in [0.4, 0.5) is 0 Å². The lowest BCUT2D eigenvalue weighted by atomic mass is 9.97. The zero-order chi connectivity index (χ0) is 7.68. The van der Waals surface area contributed by atoms with E-state index in [0.29, 0.717) is 0 Å². The van der Waals surface area contributed by atoms with Crippen molar-refractivity contribution in [3.05, 3.63) is 35.9 Å². The maximum Gasteiger partial charge on any atom is 0 e. The first-order chi connectivity index (χ1) is 5.38. The van der Waals surface area contributed by atoms with Gasteiger partial charge in [-0.25, -0.2) is 0 Å². The molecule has 0 aromatic heterocycles. The monoisotopic (exact) mass is 148 g/mol. The van der Waals surface area contributed by atoms with Crippen molar-refractivity contribution in [1.82, 2.24) is 0 Å². The SMILES string of the molecule is CC(c1ccccc1)C1CC1.[HH]. The summed E-state index contributed by atoms with van der Waals surface area (Å²) in [6.45, 7) is 2.34. The first-order valence-electron chi connectivity index (χ1n) is 4.43. The zero-order valence-corrected chi connectivity index (χ0v) is 6.96. The highest BCUT2D eigenvalue weighted by atomic mass is 14.3. The Kier molecular flexibility index (Phi) is 1.69.